The van der Waals surface area contributed by atoms with Gasteiger partial charge < -0.3 is 10.1 Å². The number of hydrogen-bond acceptors (Lipinski definition) is 6. The Balaban J connectivity index is 1.70. The van der Waals surface area contributed by atoms with E-state index in [9.17, 15) is 14.4 Å². The number of carbonyl (C=O) groups is 3. The highest BCUT2D eigenvalue weighted by Gasteiger charge is 2.32. The minimum absolute atomic E-state index is 0.273. The number of amides is 3. The van der Waals surface area contributed by atoms with Gasteiger partial charge in [-0.3, -0.25) is 14.7 Å². The molecule has 2 aromatic rings. The normalized spacial score (nSPS) is 15.0. The van der Waals surface area contributed by atoms with Crippen LogP contribution in [-0.4, -0.2) is 47.0 Å². The van der Waals surface area contributed by atoms with Gasteiger partial charge in [0.05, 0.1) is 21.8 Å². The van der Waals surface area contributed by atoms with Crippen LogP contribution in [0.4, 0.5) is 4.79 Å². The lowest BCUT2D eigenvalue weighted by molar-refractivity contribution is -0.136. The smallest absolute Gasteiger partial charge is 0.340 e. The molecule has 1 fully saturated rings. The Bertz CT molecular complexity index is 819. The molecule has 1 saturated heterocycles. The Labute approximate surface area is 148 Å². The van der Waals surface area contributed by atoms with Crippen LogP contribution in [0, 0.1) is 6.92 Å². The number of aromatic nitrogens is 1. The summed E-state index contributed by atoms with van der Waals surface area (Å²) >= 11 is 1.56. The summed E-state index contributed by atoms with van der Waals surface area (Å²) < 4.78 is 5.22. The predicted octanol–water partition coefficient (Wildman–Crippen LogP) is 2.22. The fourth-order valence-corrected chi connectivity index (χ4v) is 3.21. The van der Waals surface area contributed by atoms with Crippen LogP contribution in [0.1, 0.15) is 23.0 Å². The molecule has 3 heterocycles. The zero-order chi connectivity index (χ0) is 18.0. The van der Waals surface area contributed by atoms with E-state index >= 15 is 0 Å². The minimum atomic E-state index is -1.05. The lowest BCUT2D eigenvalue weighted by Gasteiger charge is -2.18. The second-order valence-corrected chi connectivity index (χ2v) is 6.52. The van der Waals surface area contributed by atoms with E-state index in [2.05, 4.69) is 10.3 Å². The molecular weight excluding hydrogens is 342 g/mol. The van der Waals surface area contributed by atoms with Crippen molar-refractivity contribution in [1.29, 1.82) is 0 Å². The molecule has 0 aromatic carbocycles. The molecule has 1 aliphatic rings. The number of aryl methyl sites for hydroxylation is 1. The van der Waals surface area contributed by atoms with Crippen molar-refractivity contribution < 1.29 is 19.1 Å². The molecular formula is C17H17N3O4S. The van der Waals surface area contributed by atoms with E-state index in [0.717, 1.165) is 15.5 Å². The van der Waals surface area contributed by atoms with Crippen LogP contribution in [0.5, 0.6) is 0 Å². The minimum Gasteiger partial charge on any atom is -0.449 e. The first-order chi connectivity index (χ1) is 12.0. The fraction of sp³-hybridized carbons (Fsp3) is 0.294. The van der Waals surface area contributed by atoms with E-state index in [-0.39, 0.29) is 6.54 Å². The van der Waals surface area contributed by atoms with Crippen LogP contribution >= 0.6 is 11.3 Å². The third-order valence-corrected chi connectivity index (χ3v) is 4.73. The number of imide groups is 1. The van der Waals surface area contributed by atoms with Crippen molar-refractivity contribution in [2.45, 2.75) is 20.0 Å². The van der Waals surface area contributed by atoms with E-state index in [1.165, 1.54) is 6.92 Å². The molecule has 0 saturated carbocycles. The molecule has 2 aromatic heterocycles. The SMILES string of the molecule is Cc1nc(-c2cccs2)ccc1C(=O)O[C@@H](C)C(=O)N1CCNC1=O. The Kier molecular flexibility index (Phi) is 4.80. The van der Waals surface area contributed by atoms with Gasteiger partial charge in [-0.1, -0.05) is 6.07 Å². The van der Waals surface area contributed by atoms with Gasteiger partial charge in [-0.15, -0.1) is 11.3 Å². The number of rotatable bonds is 4. The maximum atomic E-state index is 12.3. The number of nitrogens with one attached hydrogen (secondary N) is 1. The molecule has 130 valence electrons. The predicted molar refractivity (Wildman–Crippen MR) is 92.3 cm³/mol. The summed E-state index contributed by atoms with van der Waals surface area (Å²) in [4.78, 5) is 42.5. The Morgan fingerprint density at radius 3 is 2.76 bits per heavy atom. The first kappa shape index (κ1) is 17.1. The maximum absolute atomic E-state index is 12.3. The monoisotopic (exact) mass is 359 g/mol. The summed E-state index contributed by atoms with van der Waals surface area (Å²) in [5, 5.41) is 4.49. The number of urea groups is 1. The van der Waals surface area contributed by atoms with Gasteiger partial charge in [0.1, 0.15) is 0 Å². The summed E-state index contributed by atoms with van der Waals surface area (Å²) in [6.45, 7) is 3.84. The van der Waals surface area contributed by atoms with Crippen molar-refractivity contribution in [2.24, 2.45) is 0 Å². The van der Waals surface area contributed by atoms with Crippen LogP contribution in [0.25, 0.3) is 10.6 Å². The largest absolute Gasteiger partial charge is 0.449 e. The third-order valence-electron chi connectivity index (χ3n) is 3.83. The van der Waals surface area contributed by atoms with Crippen LogP contribution in [0.2, 0.25) is 0 Å². The lowest BCUT2D eigenvalue weighted by atomic mass is 10.1. The topological polar surface area (TPSA) is 88.6 Å². The van der Waals surface area contributed by atoms with Gasteiger partial charge >= 0.3 is 12.0 Å². The second-order valence-electron chi connectivity index (χ2n) is 5.58. The van der Waals surface area contributed by atoms with Crippen molar-refractivity contribution >= 4 is 29.2 Å². The average molecular weight is 359 g/mol. The molecule has 1 N–H and O–H groups in total. The van der Waals surface area contributed by atoms with Crippen molar-refractivity contribution in [3.05, 3.63) is 40.9 Å². The van der Waals surface area contributed by atoms with Crippen LogP contribution in [0.15, 0.2) is 29.6 Å². The molecule has 1 atom stereocenters. The zero-order valence-corrected chi connectivity index (χ0v) is 14.6. The Morgan fingerprint density at radius 1 is 1.36 bits per heavy atom. The molecule has 8 heteroatoms. The molecule has 0 radical (unpaired) electrons. The van der Waals surface area contributed by atoms with Gasteiger partial charge in [0.15, 0.2) is 6.10 Å². The molecule has 0 spiro atoms. The van der Waals surface area contributed by atoms with Gasteiger partial charge in [0, 0.05) is 13.1 Å². The van der Waals surface area contributed by atoms with E-state index in [1.54, 1.807) is 30.4 Å². The second kappa shape index (κ2) is 7.02. The van der Waals surface area contributed by atoms with Crippen molar-refractivity contribution in [3.63, 3.8) is 0 Å². The first-order valence-corrected chi connectivity index (χ1v) is 8.67. The Morgan fingerprint density at radius 2 is 2.16 bits per heavy atom. The molecule has 1 aliphatic heterocycles. The molecule has 0 bridgehead atoms. The molecule has 0 aliphatic carbocycles. The summed E-state index contributed by atoms with van der Waals surface area (Å²) in [5.74, 6) is -1.17. The quantitative estimate of drug-likeness (QED) is 0.846. The Hall–Kier alpha value is -2.74. The van der Waals surface area contributed by atoms with Crippen LogP contribution in [-0.2, 0) is 9.53 Å². The van der Waals surface area contributed by atoms with E-state index < -0.39 is 24.0 Å². The lowest BCUT2D eigenvalue weighted by Crippen LogP contribution is -2.41. The number of hydrogen-bond donors (Lipinski definition) is 1. The van der Waals surface area contributed by atoms with Crippen LogP contribution in [0.3, 0.4) is 0 Å². The zero-order valence-electron chi connectivity index (χ0n) is 13.8. The van der Waals surface area contributed by atoms with E-state index in [4.69, 9.17) is 4.74 Å². The van der Waals surface area contributed by atoms with Gasteiger partial charge in [-0.05, 0) is 37.4 Å². The summed E-state index contributed by atoms with van der Waals surface area (Å²) in [6.07, 6.45) is -1.05. The van der Waals surface area contributed by atoms with E-state index in [0.29, 0.717) is 17.8 Å². The first-order valence-electron chi connectivity index (χ1n) is 7.79. The molecule has 3 rings (SSSR count). The molecule has 25 heavy (non-hydrogen) atoms. The number of ether oxygens (including phenoxy) is 1. The summed E-state index contributed by atoms with van der Waals surface area (Å²) in [6, 6.07) is 6.80. The number of carbonyl (C=O) groups excluding carboxylic acids is 3. The number of esters is 1. The molecule has 3 amide bonds. The number of thiophene rings is 1. The summed E-state index contributed by atoms with van der Waals surface area (Å²) in [5.41, 5.74) is 1.60. The highest BCUT2D eigenvalue weighted by Crippen LogP contribution is 2.24. The third kappa shape index (κ3) is 3.53. The van der Waals surface area contributed by atoms with Gasteiger partial charge in [0.2, 0.25) is 0 Å². The van der Waals surface area contributed by atoms with Gasteiger partial charge in [0.25, 0.3) is 5.91 Å². The fourth-order valence-electron chi connectivity index (χ4n) is 2.51. The standard InChI is InChI=1S/C17H17N3O4S/c1-10-12(5-6-13(19-10)14-4-3-9-25-14)16(22)24-11(2)15(21)20-8-7-18-17(20)23/h3-6,9,11H,7-8H2,1-2H3,(H,18,23)/t11-/m0/s1. The van der Waals surface area contributed by atoms with Gasteiger partial charge in [-0.25, -0.2) is 9.59 Å². The highest BCUT2D eigenvalue weighted by atomic mass is 32.1. The molecule has 7 nitrogen and oxygen atoms in total. The molecule has 0 unspecified atom stereocenters. The highest BCUT2D eigenvalue weighted by molar-refractivity contribution is 7.13. The van der Waals surface area contributed by atoms with Crippen molar-refractivity contribution in [3.8, 4) is 10.6 Å². The average Bonchev–Trinajstić information content (AvgIpc) is 3.25. The van der Waals surface area contributed by atoms with E-state index in [1.807, 2.05) is 17.5 Å². The van der Waals surface area contributed by atoms with Crippen molar-refractivity contribution in [1.82, 2.24) is 15.2 Å². The maximum Gasteiger partial charge on any atom is 0.340 e. The number of pyridine rings is 1. The van der Waals surface area contributed by atoms with Gasteiger partial charge in [-0.2, -0.15) is 0 Å². The number of nitrogens with zero attached hydrogens (tertiary/aromatic N) is 2. The summed E-state index contributed by atoms with van der Waals surface area (Å²) in [7, 11) is 0. The van der Waals surface area contributed by atoms with Crippen molar-refractivity contribution in [2.75, 3.05) is 13.1 Å². The van der Waals surface area contributed by atoms with Crippen LogP contribution < -0.4 is 5.32 Å².